The van der Waals surface area contributed by atoms with Gasteiger partial charge in [-0.1, -0.05) is 19.9 Å². The molecule has 9 nitrogen and oxygen atoms in total. The van der Waals surface area contributed by atoms with Crippen LogP contribution in [-0.4, -0.2) is 60.0 Å². The van der Waals surface area contributed by atoms with Gasteiger partial charge in [0.1, 0.15) is 23.1 Å². The molecule has 2 saturated carbocycles. The molecule has 3 aliphatic rings. The minimum atomic E-state index is -0.911. The van der Waals surface area contributed by atoms with E-state index in [0.717, 1.165) is 35.1 Å². The van der Waals surface area contributed by atoms with Gasteiger partial charge in [-0.15, -0.1) is 6.58 Å². The van der Waals surface area contributed by atoms with Crippen LogP contribution >= 0.6 is 11.9 Å². The van der Waals surface area contributed by atoms with Gasteiger partial charge in [0, 0.05) is 41.1 Å². The standard InChI is InChI=1S/C27H34N4O5S.C2H6/c1-5-16-13-27(16,26(33)31-37-18-7-8-18)30-25(32)20-11-17(14-28-20)36-22-12-23(35-6-2)29-24-15(3)21(34-4)10-9-19(22)24;1-2/h5,9-10,12,16-18,20,28H,1,6-8,11,13-14H2,2-4H3,(H,30,32)(H,31,33);1-2H3/t16?,17-,20?,27-;/m1./s1. The molecule has 212 valence electrons. The molecule has 3 fully saturated rings. The molecule has 0 spiro atoms. The van der Waals surface area contributed by atoms with E-state index in [0.29, 0.717) is 42.9 Å². The van der Waals surface area contributed by atoms with Gasteiger partial charge in [-0.05, 0) is 57.2 Å². The van der Waals surface area contributed by atoms with Crippen molar-refractivity contribution in [1.29, 1.82) is 0 Å². The van der Waals surface area contributed by atoms with Gasteiger partial charge in [0.25, 0.3) is 5.91 Å². The molecule has 2 heterocycles. The molecular weight excluding hydrogens is 516 g/mol. The van der Waals surface area contributed by atoms with E-state index in [1.807, 2.05) is 39.8 Å². The zero-order valence-corrected chi connectivity index (χ0v) is 24.3. The number of pyridine rings is 1. The van der Waals surface area contributed by atoms with Crippen LogP contribution in [0.1, 0.15) is 52.0 Å². The van der Waals surface area contributed by atoms with Crippen molar-refractivity contribution >= 4 is 34.7 Å². The number of hydrogen-bond donors (Lipinski definition) is 3. The van der Waals surface area contributed by atoms with E-state index in [-0.39, 0.29) is 23.8 Å². The van der Waals surface area contributed by atoms with Crippen molar-refractivity contribution in [2.75, 3.05) is 20.3 Å². The first-order valence-electron chi connectivity index (χ1n) is 13.8. The summed E-state index contributed by atoms with van der Waals surface area (Å²) in [4.78, 5) is 30.7. The second kappa shape index (κ2) is 12.5. The van der Waals surface area contributed by atoms with Crippen LogP contribution in [0.25, 0.3) is 10.9 Å². The van der Waals surface area contributed by atoms with E-state index in [2.05, 4.69) is 26.9 Å². The first-order chi connectivity index (χ1) is 18.9. The van der Waals surface area contributed by atoms with Crippen molar-refractivity contribution in [3.8, 4) is 17.4 Å². The lowest BCUT2D eigenvalue weighted by atomic mass is 10.1. The molecule has 2 unspecified atom stereocenters. The van der Waals surface area contributed by atoms with Crippen molar-refractivity contribution in [3.63, 3.8) is 0 Å². The molecule has 10 heteroatoms. The molecule has 0 bridgehead atoms. The van der Waals surface area contributed by atoms with Crippen LogP contribution in [0, 0.1) is 12.8 Å². The van der Waals surface area contributed by atoms with Crippen molar-refractivity contribution in [1.82, 2.24) is 20.3 Å². The van der Waals surface area contributed by atoms with Gasteiger partial charge in [-0.2, -0.15) is 0 Å². The molecule has 1 aliphatic heterocycles. The van der Waals surface area contributed by atoms with Crippen LogP contribution in [0.5, 0.6) is 17.4 Å². The number of amides is 2. The Morgan fingerprint density at radius 1 is 1.28 bits per heavy atom. The quantitative estimate of drug-likeness (QED) is 0.281. The van der Waals surface area contributed by atoms with E-state index in [1.165, 1.54) is 11.9 Å². The Hall–Kier alpha value is -2.98. The summed E-state index contributed by atoms with van der Waals surface area (Å²) in [6.07, 6.45) is 4.79. The molecular formula is C29H40N4O5S. The van der Waals surface area contributed by atoms with Gasteiger partial charge in [0.15, 0.2) is 0 Å². The third-order valence-corrected chi connectivity index (χ3v) is 8.34. The number of methoxy groups -OCH3 is 1. The number of aryl methyl sites for hydroxylation is 1. The first-order valence-corrected chi connectivity index (χ1v) is 14.7. The number of fused-ring (bicyclic) bond motifs is 1. The van der Waals surface area contributed by atoms with E-state index < -0.39 is 11.6 Å². The average Bonchev–Trinajstić information content (AvgIpc) is 3.86. The highest BCUT2D eigenvalue weighted by Gasteiger charge is 2.60. The molecule has 1 aromatic carbocycles. The van der Waals surface area contributed by atoms with Crippen LogP contribution in [-0.2, 0) is 9.59 Å². The molecule has 39 heavy (non-hydrogen) atoms. The molecule has 4 atom stereocenters. The summed E-state index contributed by atoms with van der Waals surface area (Å²) < 4.78 is 20.5. The maximum Gasteiger partial charge on any atom is 0.256 e. The predicted octanol–water partition coefficient (Wildman–Crippen LogP) is 4.07. The molecule has 1 aromatic heterocycles. The number of aromatic nitrogens is 1. The van der Waals surface area contributed by atoms with E-state index in [4.69, 9.17) is 14.2 Å². The Kier molecular flexibility index (Phi) is 9.27. The van der Waals surface area contributed by atoms with Crippen LogP contribution < -0.4 is 29.6 Å². The summed E-state index contributed by atoms with van der Waals surface area (Å²) in [6.45, 7) is 12.7. The highest BCUT2D eigenvalue weighted by atomic mass is 32.2. The SMILES string of the molecule is C=CC1C[C@]1(NC(=O)C1C[C@@H](Oc2cc(OCC)nc3c(C)c(OC)ccc23)CN1)C(=O)NSC1CC1.CC. The summed E-state index contributed by atoms with van der Waals surface area (Å²) >= 11 is 1.46. The third kappa shape index (κ3) is 6.27. The number of carbonyl (C=O) groups excluding carboxylic acids is 2. The van der Waals surface area contributed by atoms with Crippen molar-refractivity contribution in [3.05, 3.63) is 36.4 Å². The lowest BCUT2D eigenvalue weighted by molar-refractivity contribution is -0.130. The Bertz CT molecular complexity index is 1220. The fourth-order valence-electron chi connectivity index (χ4n) is 4.82. The predicted molar refractivity (Wildman–Crippen MR) is 154 cm³/mol. The maximum absolute atomic E-state index is 13.2. The van der Waals surface area contributed by atoms with Crippen LogP contribution in [0.4, 0.5) is 0 Å². The Morgan fingerprint density at radius 2 is 2.05 bits per heavy atom. The normalized spacial score (nSPS) is 25.2. The number of nitrogens with zero attached hydrogens (tertiary/aromatic N) is 1. The molecule has 2 aromatic rings. The number of hydrogen-bond acceptors (Lipinski definition) is 8. The Balaban J connectivity index is 0.00000172. The fourth-order valence-corrected chi connectivity index (χ4v) is 5.65. The lowest BCUT2D eigenvalue weighted by Gasteiger charge is -2.21. The second-order valence-electron chi connectivity index (χ2n) is 9.87. The van der Waals surface area contributed by atoms with E-state index in [9.17, 15) is 9.59 Å². The number of nitrogens with one attached hydrogen (secondary N) is 3. The van der Waals surface area contributed by atoms with Gasteiger partial charge in [0.05, 0.1) is 25.3 Å². The fraction of sp³-hybridized carbons (Fsp3) is 0.552. The number of carbonyl (C=O) groups is 2. The maximum atomic E-state index is 13.2. The molecule has 2 amide bonds. The van der Waals surface area contributed by atoms with Gasteiger partial charge in [0.2, 0.25) is 11.8 Å². The summed E-state index contributed by atoms with van der Waals surface area (Å²) in [6, 6.07) is 5.16. The van der Waals surface area contributed by atoms with Gasteiger partial charge in [-0.3, -0.25) is 14.3 Å². The molecule has 5 rings (SSSR count). The molecule has 2 aliphatic carbocycles. The topological polar surface area (TPSA) is 111 Å². The lowest BCUT2D eigenvalue weighted by Crippen LogP contribution is -2.53. The van der Waals surface area contributed by atoms with Crippen LogP contribution in [0.15, 0.2) is 30.9 Å². The third-order valence-electron chi connectivity index (χ3n) is 7.23. The van der Waals surface area contributed by atoms with Gasteiger partial charge < -0.3 is 24.8 Å². The first kappa shape index (κ1) is 29.0. The van der Waals surface area contributed by atoms with E-state index >= 15 is 0 Å². The summed E-state index contributed by atoms with van der Waals surface area (Å²) in [5.74, 6) is 1.45. The second-order valence-corrected chi connectivity index (χ2v) is 11.0. The summed E-state index contributed by atoms with van der Waals surface area (Å²) in [5, 5.41) is 7.62. The van der Waals surface area contributed by atoms with Crippen molar-refractivity contribution in [2.45, 2.75) is 76.3 Å². The number of rotatable bonds is 11. The summed E-state index contributed by atoms with van der Waals surface area (Å²) in [7, 11) is 1.63. The zero-order valence-electron chi connectivity index (χ0n) is 23.5. The zero-order chi connectivity index (χ0) is 28.2. The molecule has 1 saturated heterocycles. The largest absolute Gasteiger partial charge is 0.496 e. The molecule has 3 N–H and O–H groups in total. The number of benzene rings is 1. The monoisotopic (exact) mass is 556 g/mol. The Morgan fingerprint density at radius 3 is 2.69 bits per heavy atom. The van der Waals surface area contributed by atoms with Gasteiger partial charge >= 0.3 is 0 Å². The summed E-state index contributed by atoms with van der Waals surface area (Å²) in [5.41, 5.74) is 0.741. The highest BCUT2D eigenvalue weighted by molar-refractivity contribution is 7.98. The van der Waals surface area contributed by atoms with Gasteiger partial charge in [-0.25, -0.2) is 4.98 Å². The smallest absolute Gasteiger partial charge is 0.256 e. The average molecular weight is 557 g/mol. The minimum Gasteiger partial charge on any atom is -0.496 e. The molecule has 0 radical (unpaired) electrons. The Labute approximate surface area is 235 Å². The van der Waals surface area contributed by atoms with E-state index in [1.54, 1.807) is 19.3 Å². The minimum absolute atomic E-state index is 0.0647. The highest BCUT2D eigenvalue weighted by Crippen LogP contribution is 2.46. The van der Waals surface area contributed by atoms with Crippen LogP contribution in [0.3, 0.4) is 0 Å². The van der Waals surface area contributed by atoms with Crippen molar-refractivity contribution < 1.29 is 23.8 Å². The van der Waals surface area contributed by atoms with Crippen LogP contribution in [0.2, 0.25) is 0 Å². The number of ether oxygens (including phenoxy) is 3. The van der Waals surface area contributed by atoms with Crippen molar-refractivity contribution in [2.24, 2.45) is 5.92 Å².